The monoisotopic (exact) mass is 359 g/mol. The topological polar surface area (TPSA) is 49.7 Å². The van der Waals surface area contributed by atoms with Gasteiger partial charge in [-0.05, 0) is 70.0 Å². The maximum absolute atomic E-state index is 5.47. The van der Waals surface area contributed by atoms with Gasteiger partial charge in [0.2, 0.25) is 0 Å². The number of nitrogens with one attached hydrogen (secondary N) is 1. The lowest BCUT2D eigenvalue weighted by Crippen LogP contribution is -2.01. The minimum absolute atomic E-state index is 0.715. The fraction of sp³-hybridized carbons (Fsp3) is 0.217. The molecule has 0 aliphatic rings. The molecule has 0 atom stereocenters. The summed E-state index contributed by atoms with van der Waals surface area (Å²) in [6.45, 7) is 10.2. The quantitative estimate of drug-likeness (QED) is 0.448. The van der Waals surface area contributed by atoms with E-state index >= 15 is 0 Å². The number of aliphatic imine (C=N–C) groups is 1. The van der Waals surface area contributed by atoms with Gasteiger partial charge in [-0.3, -0.25) is 4.99 Å². The van der Waals surface area contributed by atoms with Gasteiger partial charge in [-0.2, -0.15) is 0 Å². The maximum atomic E-state index is 5.47. The Hall–Kier alpha value is -3.14. The Bertz CT molecular complexity index is 974. The molecule has 3 aromatic rings. The van der Waals surface area contributed by atoms with Crippen molar-refractivity contribution in [2.24, 2.45) is 10.1 Å². The summed E-state index contributed by atoms with van der Waals surface area (Å²) in [4.78, 5) is 13.7. The molecule has 4 heteroatoms. The summed E-state index contributed by atoms with van der Waals surface area (Å²) in [6, 6.07) is 17.9. The second-order valence-corrected chi connectivity index (χ2v) is 6.81. The Morgan fingerprint density at radius 3 is 2.04 bits per heavy atom. The van der Waals surface area contributed by atoms with Crippen LogP contribution in [0, 0.1) is 20.8 Å². The molecular formula is C23H25N3O. The third-order valence-corrected chi connectivity index (χ3v) is 4.41. The van der Waals surface area contributed by atoms with Crippen LogP contribution in [0.1, 0.15) is 41.9 Å². The third kappa shape index (κ3) is 4.53. The van der Waals surface area contributed by atoms with E-state index in [-0.39, 0.29) is 0 Å². The first-order chi connectivity index (χ1) is 12.9. The zero-order chi connectivity index (χ0) is 19.4. The van der Waals surface area contributed by atoms with Gasteiger partial charge >= 0.3 is 0 Å². The molecule has 0 fully saturated rings. The molecule has 4 nitrogen and oxygen atoms in total. The molecule has 3 rings (SSSR count). The Morgan fingerprint density at radius 2 is 1.41 bits per heavy atom. The number of para-hydroxylation sites is 1. The number of H-pyrrole nitrogens is 1. The lowest BCUT2D eigenvalue weighted by atomic mass is 10.1. The number of aromatic amines is 1. The Labute approximate surface area is 160 Å². The molecule has 27 heavy (non-hydrogen) atoms. The largest absolute Gasteiger partial charge is 0.357 e. The maximum Gasteiger partial charge on any atom is 0.157 e. The van der Waals surface area contributed by atoms with Crippen molar-refractivity contribution in [3.63, 3.8) is 0 Å². The SMILES string of the molecule is CC(=NOc1ccccc1)c1ccc(C(C)=Nc2c(C)cc(C)cc2C)[nH]1. The zero-order valence-corrected chi connectivity index (χ0v) is 16.5. The van der Waals surface area contributed by atoms with Crippen molar-refractivity contribution < 1.29 is 4.84 Å². The summed E-state index contributed by atoms with van der Waals surface area (Å²) in [5, 5.41) is 4.20. The second-order valence-electron chi connectivity index (χ2n) is 6.81. The van der Waals surface area contributed by atoms with Crippen molar-refractivity contribution in [2.75, 3.05) is 0 Å². The first-order valence-corrected chi connectivity index (χ1v) is 9.03. The predicted molar refractivity (Wildman–Crippen MR) is 113 cm³/mol. The Kier molecular flexibility index (Phi) is 5.55. The minimum atomic E-state index is 0.715. The highest BCUT2D eigenvalue weighted by molar-refractivity contribution is 6.02. The van der Waals surface area contributed by atoms with Gasteiger partial charge in [-0.15, -0.1) is 0 Å². The highest BCUT2D eigenvalue weighted by Gasteiger charge is 2.08. The number of rotatable bonds is 5. The fourth-order valence-electron chi connectivity index (χ4n) is 3.05. The Balaban J connectivity index is 1.81. The third-order valence-electron chi connectivity index (χ3n) is 4.41. The molecule has 0 saturated heterocycles. The molecule has 138 valence electrons. The number of aromatic nitrogens is 1. The van der Waals surface area contributed by atoms with E-state index in [1.807, 2.05) is 56.3 Å². The van der Waals surface area contributed by atoms with Crippen LogP contribution in [-0.4, -0.2) is 16.4 Å². The molecule has 0 unspecified atom stereocenters. The number of hydrogen-bond donors (Lipinski definition) is 1. The molecule has 0 radical (unpaired) electrons. The molecule has 0 spiro atoms. The van der Waals surface area contributed by atoms with Gasteiger partial charge in [0.05, 0.1) is 22.8 Å². The predicted octanol–water partition coefficient (Wildman–Crippen LogP) is 5.88. The molecule has 0 amide bonds. The van der Waals surface area contributed by atoms with Gasteiger partial charge in [-0.1, -0.05) is 41.1 Å². The van der Waals surface area contributed by atoms with E-state index in [4.69, 9.17) is 9.83 Å². The fourth-order valence-corrected chi connectivity index (χ4v) is 3.05. The van der Waals surface area contributed by atoms with Crippen LogP contribution in [0.25, 0.3) is 0 Å². The van der Waals surface area contributed by atoms with E-state index < -0.39 is 0 Å². The van der Waals surface area contributed by atoms with Crippen LogP contribution < -0.4 is 4.84 Å². The molecule has 0 aliphatic carbocycles. The molecule has 2 aromatic carbocycles. The summed E-state index contributed by atoms with van der Waals surface area (Å²) in [7, 11) is 0. The van der Waals surface area contributed by atoms with E-state index in [2.05, 4.69) is 43.0 Å². The minimum Gasteiger partial charge on any atom is -0.357 e. The summed E-state index contributed by atoms with van der Waals surface area (Å²) >= 11 is 0. The highest BCUT2D eigenvalue weighted by Crippen LogP contribution is 2.26. The smallest absolute Gasteiger partial charge is 0.157 e. The second kappa shape index (κ2) is 8.04. The van der Waals surface area contributed by atoms with Gasteiger partial charge in [0.1, 0.15) is 5.71 Å². The van der Waals surface area contributed by atoms with E-state index in [0.717, 1.165) is 28.5 Å². The van der Waals surface area contributed by atoms with Crippen molar-refractivity contribution in [1.29, 1.82) is 0 Å². The lowest BCUT2D eigenvalue weighted by Gasteiger charge is -2.08. The van der Waals surface area contributed by atoms with Crippen LogP contribution in [0.2, 0.25) is 0 Å². The molecule has 1 N–H and O–H groups in total. The molecule has 0 saturated carbocycles. The number of nitrogens with zero attached hydrogens (tertiary/aromatic N) is 2. The highest BCUT2D eigenvalue weighted by atomic mass is 16.6. The van der Waals surface area contributed by atoms with Gasteiger partial charge in [-0.25, -0.2) is 0 Å². The molecule has 1 aromatic heterocycles. The van der Waals surface area contributed by atoms with Gasteiger partial charge in [0.25, 0.3) is 0 Å². The average molecular weight is 359 g/mol. The van der Waals surface area contributed by atoms with Crippen LogP contribution in [0.3, 0.4) is 0 Å². The number of aryl methyl sites for hydroxylation is 3. The summed E-state index contributed by atoms with van der Waals surface area (Å²) in [6.07, 6.45) is 0. The van der Waals surface area contributed by atoms with E-state index in [9.17, 15) is 0 Å². The molecule has 0 bridgehead atoms. The molecule has 0 aliphatic heterocycles. The first kappa shape index (κ1) is 18.6. The van der Waals surface area contributed by atoms with Crippen molar-refractivity contribution in [1.82, 2.24) is 4.98 Å². The standard InChI is InChI=1S/C23H25N3O/c1-15-13-16(2)23(17(3)14-15)24-18(4)21-11-12-22(25-21)19(5)26-27-20-9-7-6-8-10-20/h6-14,25H,1-5H3. The number of hydrogen-bond acceptors (Lipinski definition) is 3. The Morgan fingerprint density at radius 1 is 0.815 bits per heavy atom. The van der Waals surface area contributed by atoms with Crippen molar-refractivity contribution in [3.05, 3.63) is 82.7 Å². The van der Waals surface area contributed by atoms with E-state index in [1.165, 1.54) is 16.7 Å². The van der Waals surface area contributed by atoms with Crippen LogP contribution in [-0.2, 0) is 0 Å². The summed E-state index contributed by atoms with van der Waals surface area (Å²) in [5.41, 5.74) is 8.27. The van der Waals surface area contributed by atoms with Crippen LogP contribution >= 0.6 is 0 Å². The van der Waals surface area contributed by atoms with Crippen LogP contribution in [0.5, 0.6) is 5.75 Å². The van der Waals surface area contributed by atoms with Gasteiger partial charge in [0, 0.05) is 0 Å². The number of benzene rings is 2. The van der Waals surface area contributed by atoms with Crippen molar-refractivity contribution in [3.8, 4) is 5.75 Å². The normalized spacial score (nSPS) is 12.3. The summed E-state index contributed by atoms with van der Waals surface area (Å²) < 4.78 is 0. The first-order valence-electron chi connectivity index (χ1n) is 9.03. The lowest BCUT2D eigenvalue weighted by molar-refractivity contribution is 0.341. The average Bonchev–Trinajstić information content (AvgIpc) is 3.14. The van der Waals surface area contributed by atoms with E-state index in [1.54, 1.807) is 0 Å². The van der Waals surface area contributed by atoms with Crippen molar-refractivity contribution >= 4 is 17.1 Å². The molecular weight excluding hydrogens is 334 g/mol. The van der Waals surface area contributed by atoms with Crippen LogP contribution in [0.4, 0.5) is 5.69 Å². The van der Waals surface area contributed by atoms with Gasteiger partial charge < -0.3 is 9.82 Å². The molecule has 1 heterocycles. The summed E-state index contributed by atoms with van der Waals surface area (Å²) in [5.74, 6) is 0.715. The zero-order valence-electron chi connectivity index (χ0n) is 16.5. The van der Waals surface area contributed by atoms with E-state index in [0.29, 0.717) is 5.75 Å². The van der Waals surface area contributed by atoms with Crippen molar-refractivity contribution in [2.45, 2.75) is 34.6 Å². The van der Waals surface area contributed by atoms with Crippen LogP contribution in [0.15, 0.2) is 64.7 Å². The van der Waals surface area contributed by atoms with Gasteiger partial charge in [0.15, 0.2) is 5.75 Å². The number of oxime groups is 1.